The molecule has 3 heterocycles. The van der Waals surface area contributed by atoms with Gasteiger partial charge < -0.3 is 25.3 Å². The van der Waals surface area contributed by atoms with E-state index in [2.05, 4.69) is 26.0 Å². The number of carbonyl (C=O) groups is 1. The second-order valence-corrected chi connectivity index (χ2v) is 9.13. The third-order valence-electron chi connectivity index (χ3n) is 7.10. The molecule has 3 aromatic rings. The Kier molecular flexibility index (Phi) is 5.51. The van der Waals surface area contributed by atoms with Crippen molar-refractivity contribution in [1.82, 2.24) is 24.5 Å². The number of rotatable bonds is 7. The molecule has 1 unspecified atom stereocenters. The van der Waals surface area contributed by atoms with Gasteiger partial charge in [0.2, 0.25) is 0 Å². The first-order valence-electron chi connectivity index (χ1n) is 11.4. The van der Waals surface area contributed by atoms with Gasteiger partial charge >= 0.3 is 0 Å². The minimum absolute atomic E-state index is 0.0942. The minimum atomic E-state index is -0.857. The summed E-state index contributed by atoms with van der Waals surface area (Å²) in [6, 6.07) is 4.87. The van der Waals surface area contributed by atoms with Crippen LogP contribution in [-0.2, 0) is 4.74 Å². The van der Waals surface area contributed by atoms with Crippen LogP contribution in [-0.4, -0.2) is 57.0 Å². The van der Waals surface area contributed by atoms with Gasteiger partial charge in [0.15, 0.2) is 5.65 Å². The second kappa shape index (κ2) is 8.39. The van der Waals surface area contributed by atoms with Crippen LogP contribution in [0.15, 0.2) is 35.4 Å². The fourth-order valence-corrected chi connectivity index (χ4v) is 4.54. The van der Waals surface area contributed by atoms with Crippen molar-refractivity contribution in [3.8, 4) is 0 Å². The molecule has 2 atom stereocenters. The number of hydrogen-bond donors (Lipinski definition) is 3. The molecule has 10 nitrogen and oxygen atoms in total. The highest BCUT2D eigenvalue weighted by molar-refractivity contribution is 6.00. The van der Waals surface area contributed by atoms with Crippen LogP contribution < -0.4 is 21.5 Å². The summed E-state index contributed by atoms with van der Waals surface area (Å²) in [5.74, 6) is 0.679. The molecule has 3 N–H and O–H groups in total. The Morgan fingerprint density at radius 2 is 2.15 bits per heavy atom. The Morgan fingerprint density at radius 3 is 2.79 bits per heavy atom. The lowest BCUT2D eigenvalue weighted by Gasteiger charge is -2.45. The van der Waals surface area contributed by atoms with Crippen LogP contribution in [0.4, 0.5) is 21.7 Å². The van der Waals surface area contributed by atoms with Crippen LogP contribution >= 0.6 is 0 Å². The van der Waals surface area contributed by atoms with E-state index in [0.717, 1.165) is 12.8 Å². The van der Waals surface area contributed by atoms with E-state index in [0.29, 0.717) is 41.4 Å². The standard InChI is InChI=1S/C23H28FN7O3/c1-23(34-3)7-6-17(23)28-21(32)15-12-26-31-19(25-2)11-18(29-20(15)31)27-16-5-4-8-30(22(16)33)14-9-13(24)10-14/h4-5,8,11-14,17,25H,6-7,9-10H2,1-3H3,(H,27,29)(H,28,32)/t13-,14-,17?,23-/m1/s1. The van der Waals surface area contributed by atoms with Crippen molar-refractivity contribution in [2.75, 3.05) is 24.8 Å². The van der Waals surface area contributed by atoms with E-state index in [1.165, 1.54) is 10.7 Å². The van der Waals surface area contributed by atoms with E-state index in [1.54, 1.807) is 43.1 Å². The summed E-state index contributed by atoms with van der Waals surface area (Å²) in [5.41, 5.74) is 0.354. The highest BCUT2D eigenvalue weighted by Gasteiger charge is 2.44. The van der Waals surface area contributed by atoms with E-state index in [1.807, 2.05) is 6.92 Å². The maximum absolute atomic E-state index is 13.3. The number of hydrogen-bond acceptors (Lipinski definition) is 7. The summed E-state index contributed by atoms with van der Waals surface area (Å²) < 4.78 is 21.9. The molecule has 1 amide bonds. The largest absolute Gasteiger partial charge is 0.376 e. The van der Waals surface area contributed by atoms with Crippen LogP contribution in [0.2, 0.25) is 0 Å². The normalized spacial score (nSPS) is 25.9. The molecule has 0 aliphatic heterocycles. The Balaban J connectivity index is 1.45. The number of carbonyl (C=O) groups excluding carboxylic acids is 1. The number of halogens is 1. The Labute approximate surface area is 195 Å². The van der Waals surface area contributed by atoms with Gasteiger partial charge in [0.05, 0.1) is 17.8 Å². The topological polar surface area (TPSA) is 115 Å². The third kappa shape index (κ3) is 3.69. The van der Waals surface area contributed by atoms with Crippen LogP contribution in [0.3, 0.4) is 0 Å². The first kappa shape index (κ1) is 22.3. The van der Waals surface area contributed by atoms with E-state index < -0.39 is 6.17 Å². The fourth-order valence-electron chi connectivity index (χ4n) is 4.54. The lowest BCUT2D eigenvalue weighted by atomic mass is 9.76. The molecule has 0 bridgehead atoms. The number of aromatic nitrogens is 4. The van der Waals surface area contributed by atoms with Gasteiger partial charge in [-0.25, -0.2) is 9.37 Å². The van der Waals surface area contributed by atoms with Gasteiger partial charge in [-0.1, -0.05) is 0 Å². The van der Waals surface area contributed by atoms with Gasteiger partial charge in [-0.2, -0.15) is 9.61 Å². The smallest absolute Gasteiger partial charge is 0.274 e. The van der Waals surface area contributed by atoms with Crippen molar-refractivity contribution < 1.29 is 13.9 Å². The Bertz CT molecular complexity index is 1300. The Hall–Kier alpha value is -3.47. The SMILES string of the molecule is CNc1cc(Nc2cccn([C@H]3C[C@H](F)C3)c2=O)nc2c(C(=O)NC3CC[C@@]3(C)OC)cnn12. The first-order chi connectivity index (χ1) is 16.3. The summed E-state index contributed by atoms with van der Waals surface area (Å²) in [6.45, 7) is 1.97. The average Bonchev–Trinajstić information content (AvgIpc) is 3.24. The summed E-state index contributed by atoms with van der Waals surface area (Å²) in [4.78, 5) is 30.6. The van der Waals surface area contributed by atoms with Crippen molar-refractivity contribution in [1.29, 1.82) is 0 Å². The fraction of sp³-hybridized carbons (Fsp3) is 0.478. The van der Waals surface area contributed by atoms with E-state index >= 15 is 0 Å². The minimum Gasteiger partial charge on any atom is -0.376 e. The number of pyridine rings is 1. The molecule has 0 aromatic carbocycles. The molecule has 0 saturated heterocycles. The molecule has 34 heavy (non-hydrogen) atoms. The molecule has 11 heteroatoms. The molecule has 2 fully saturated rings. The first-order valence-corrected chi connectivity index (χ1v) is 11.4. The molecular weight excluding hydrogens is 441 g/mol. The quantitative estimate of drug-likeness (QED) is 0.487. The van der Waals surface area contributed by atoms with Gasteiger partial charge in [-0.15, -0.1) is 0 Å². The summed E-state index contributed by atoms with van der Waals surface area (Å²) in [7, 11) is 3.38. The number of alkyl halides is 1. The molecule has 0 spiro atoms. The van der Waals surface area contributed by atoms with Crippen LogP contribution in [0.25, 0.3) is 5.65 Å². The van der Waals surface area contributed by atoms with Gasteiger partial charge in [0.25, 0.3) is 11.5 Å². The van der Waals surface area contributed by atoms with Crippen molar-refractivity contribution in [3.63, 3.8) is 0 Å². The maximum atomic E-state index is 13.3. The average molecular weight is 470 g/mol. The van der Waals surface area contributed by atoms with Gasteiger partial charge in [0.1, 0.15) is 29.1 Å². The predicted molar refractivity (Wildman–Crippen MR) is 126 cm³/mol. The number of anilines is 3. The lowest BCUT2D eigenvalue weighted by molar-refractivity contribution is -0.0828. The van der Waals surface area contributed by atoms with Crippen molar-refractivity contribution in [2.24, 2.45) is 0 Å². The summed E-state index contributed by atoms with van der Waals surface area (Å²) in [5, 5.41) is 13.4. The van der Waals surface area contributed by atoms with Crippen LogP contribution in [0.1, 0.15) is 49.0 Å². The van der Waals surface area contributed by atoms with Gasteiger partial charge in [0, 0.05) is 32.5 Å². The molecule has 180 valence electrons. The molecular formula is C23H28FN7O3. The second-order valence-electron chi connectivity index (χ2n) is 9.13. The van der Waals surface area contributed by atoms with Crippen molar-refractivity contribution in [3.05, 3.63) is 46.5 Å². The summed E-state index contributed by atoms with van der Waals surface area (Å²) >= 11 is 0. The van der Waals surface area contributed by atoms with Crippen LogP contribution in [0.5, 0.6) is 0 Å². The number of nitrogens with zero attached hydrogens (tertiary/aromatic N) is 4. The number of fused-ring (bicyclic) bond motifs is 1. The third-order valence-corrected chi connectivity index (χ3v) is 7.10. The maximum Gasteiger partial charge on any atom is 0.274 e. The molecule has 5 rings (SSSR count). The zero-order chi connectivity index (χ0) is 24.0. The lowest BCUT2D eigenvalue weighted by Crippen LogP contribution is -2.59. The number of amides is 1. The van der Waals surface area contributed by atoms with Crippen molar-refractivity contribution in [2.45, 2.75) is 56.5 Å². The number of methoxy groups -OCH3 is 1. The van der Waals surface area contributed by atoms with Crippen LogP contribution in [0, 0.1) is 0 Å². The van der Waals surface area contributed by atoms with Crippen molar-refractivity contribution >= 4 is 28.9 Å². The zero-order valence-electron chi connectivity index (χ0n) is 19.3. The summed E-state index contributed by atoms with van der Waals surface area (Å²) in [6.07, 6.45) is 4.69. The van der Waals surface area contributed by atoms with E-state index in [4.69, 9.17) is 4.74 Å². The zero-order valence-corrected chi connectivity index (χ0v) is 19.3. The number of ether oxygens (including phenoxy) is 1. The van der Waals surface area contributed by atoms with E-state index in [-0.39, 0.29) is 29.2 Å². The molecule has 2 saturated carbocycles. The molecule has 0 radical (unpaired) electrons. The van der Waals surface area contributed by atoms with Gasteiger partial charge in [-0.3, -0.25) is 9.59 Å². The van der Waals surface area contributed by atoms with E-state index in [9.17, 15) is 14.0 Å². The molecule has 2 aliphatic rings. The predicted octanol–water partition coefficient (Wildman–Crippen LogP) is 2.65. The highest BCUT2D eigenvalue weighted by atomic mass is 19.1. The molecule has 3 aromatic heterocycles. The number of nitrogens with one attached hydrogen (secondary N) is 3. The Morgan fingerprint density at radius 1 is 1.35 bits per heavy atom. The molecule has 2 aliphatic carbocycles. The highest BCUT2D eigenvalue weighted by Crippen LogP contribution is 2.35. The van der Waals surface area contributed by atoms with Gasteiger partial charge in [-0.05, 0) is 44.7 Å². The monoisotopic (exact) mass is 469 g/mol.